The van der Waals surface area contributed by atoms with Gasteiger partial charge in [0.25, 0.3) is 5.69 Å². The Morgan fingerprint density at radius 2 is 1.95 bits per heavy atom. The number of rotatable bonds is 4. The lowest BCUT2D eigenvalue weighted by Gasteiger charge is -2.01. The Morgan fingerprint density at radius 1 is 1.21 bits per heavy atom. The van der Waals surface area contributed by atoms with Crippen LogP contribution in [0.25, 0.3) is 0 Å². The molecule has 0 spiro atoms. The summed E-state index contributed by atoms with van der Waals surface area (Å²) in [6.45, 7) is 0.189. The van der Waals surface area contributed by atoms with E-state index < -0.39 is 9.85 Å². The van der Waals surface area contributed by atoms with Gasteiger partial charge < -0.3 is 15.8 Å². The van der Waals surface area contributed by atoms with Crippen molar-refractivity contribution in [2.45, 2.75) is 6.54 Å². The third kappa shape index (κ3) is 2.65. The van der Waals surface area contributed by atoms with Crippen LogP contribution in [0.15, 0.2) is 30.5 Å². The predicted octanol–water partition coefficient (Wildman–Crippen LogP) is 1.33. The fraction of sp³-hybridized carbons (Fsp3) is 0.100. The molecule has 0 saturated heterocycles. The van der Waals surface area contributed by atoms with E-state index >= 15 is 0 Å². The van der Waals surface area contributed by atoms with Crippen LogP contribution in [0.4, 0.5) is 17.2 Å². The molecule has 9 nitrogen and oxygen atoms in total. The van der Waals surface area contributed by atoms with E-state index in [0.717, 1.165) is 0 Å². The van der Waals surface area contributed by atoms with Gasteiger partial charge in [-0.05, 0) is 16.6 Å². The molecular weight excluding hydrogens is 254 g/mol. The van der Waals surface area contributed by atoms with Gasteiger partial charge in [0, 0.05) is 6.07 Å². The van der Waals surface area contributed by atoms with Gasteiger partial charge in [-0.15, -0.1) is 0 Å². The van der Waals surface area contributed by atoms with Gasteiger partial charge in [0.1, 0.15) is 5.69 Å². The zero-order valence-electron chi connectivity index (χ0n) is 9.59. The van der Waals surface area contributed by atoms with Crippen LogP contribution in [0.1, 0.15) is 5.56 Å². The molecule has 19 heavy (non-hydrogen) atoms. The number of nitrogens with two attached hydrogens (primary N) is 1. The highest BCUT2D eigenvalue weighted by molar-refractivity contribution is 5.59. The summed E-state index contributed by atoms with van der Waals surface area (Å²) in [7, 11) is 0. The van der Waals surface area contributed by atoms with Crippen LogP contribution in [0.3, 0.4) is 0 Å². The number of nitro benzene ring substituents is 1. The van der Waals surface area contributed by atoms with Crippen LogP contribution in [0.2, 0.25) is 0 Å². The Bertz CT molecular complexity index is 651. The molecule has 2 rings (SSSR count). The molecule has 2 aromatic rings. The number of hydrogen-bond acceptors (Lipinski definition) is 6. The monoisotopic (exact) mass is 263 g/mol. The minimum atomic E-state index is -0.609. The summed E-state index contributed by atoms with van der Waals surface area (Å²) in [4.78, 5) is 20.0. The Balaban J connectivity index is 2.25. The van der Waals surface area contributed by atoms with Crippen molar-refractivity contribution in [2.24, 2.45) is 0 Å². The number of aromatic nitrogens is 2. The third-order valence-electron chi connectivity index (χ3n) is 2.45. The highest BCUT2D eigenvalue weighted by Gasteiger charge is 2.14. The van der Waals surface area contributed by atoms with E-state index in [1.807, 2.05) is 0 Å². The first-order valence-corrected chi connectivity index (χ1v) is 5.18. The number of hydrogen-bond donors (Lipinski definition) is 1. The Hall–Kier alpha value is -2.97. The van der Waals surface area contributed by atoms with Gasteiger partial charge in [0.2, 0.25) is 0 Å². The molecule has 0 radical (unpaired) electrons. The molecule has 0 aliphatic carbocycles. The summed E-state index contributed by atoms with van der Waals surface area (Å²) in [5, 5.41) is 24.9. The lowest BCUT2D eigenvalue weighted by Crippen LogP contribution is -2.03. The lowest BCUT2D eigenvalue weighted by atomic mass is 10.2. The summed E-state index contributed by atoms with van der Waals surface area (Å²) in [5.41, 5.74) is 5.93. The van der Waals surface area contributed by atoms with Crippen LogP contribution in [0, 0.1) is 20.2 Å². The van der Waals surface area contributed by atoms with Crippen LogP contribution >= 0.6 is 0 Å². The molecule has 0 amide bonds. The first kappa shape index (κ1) is 12.5. The topological polar surface area (TPSA) is 130 Å². The maximum atomic E-state index is 10.7. The second-order valence-electron chi connectivity index (χ2n) is 3.78. The zero-order chi connectivity index (χ0) is 14.0. The van der Waals surface area contributed by atoms with E-state index in [1.165, 1.54) is 29.1 Å². The normalized spacial score (nSPS) is 10.3. The van der Waals surface area contributed by atoms with Crippen LogP contribution in [-0.2, 0) is 6.54 Å². The minimum Gasteiger partial charge on any atom is -0.393 e. The number of nitro groups is 2. The highest BCUT2D eigenvalue weighted by Crippen LogP contribution is 2.22. The second kappa shape index (κ2) is 4.72. The molecule has 0 fully saturated rings. The maximum absolute atomic E-state index is 10.7. The Labute approximate surface area is 106 Å². The standard InChI is InChI=1S/C10H9N5O4/c11-8-2-1-7(5-9(8)14(16)17)6-13-4-3-10(12-13)15(18)19/h1-5H,6,11H2. The average molecular weight is 263 g/mol. The molecule has 0 bridgehead atoms. The molecule has 0 atom stereocenters. The van der Waals surface area contributed by atoms with E-state index in [4.69, 9.17) is 5.73 Å². The van der Waals surface area contributed by atoms with Crippen molar-refractivity contribution in [1.29, 1.82) is 0 Å². The van der Waals surface area contributed by atoms with Crippen molar-refractivity contribution < 1.29 is 9.85 Å². The number of anilines is 1. The van der Waals surface area contributed by atoms with Crippen LogP contribution in [0.5, 0.6) is 0 Å². The number of nitrogen functional groups attached to an aromatic ring is 1. The van der Waals surface area contributed by atoms with Gasteiger partial charge in [-0.1, -0.05) is 6.07 Å². The van der Waals surface area contributed by atoms with Crippen molar-refractivity contribution in [3.05, 3.63) is 56.3 Å². The summed E-state index contributed by atoms with van der Waals surface area (Å²) < 4.78 is 1.33. The molecule has 1 aromatic heterocycles. The molecule has 0 aliphatic heterocycles. The fourth-order valence-electron chi connectivity index (χ4n) is 1.57. The van der Waals surface area contributed by atoms with Crippen molar-refractivity contribution >= 4 is 17.2 Å². The summed E-state index contributed by atoms with van der Waals surface area (Å²) >= 11 is 0. The maximum Gasteiger partial charge on any atom is 0.389 e. The largest absolute Gasteiger partial charge is 0.393 e. The zero-order valence-corrected chi connectivity index (χ0v) is 9.59. The van der Waals surface area contributed by atoms with E-state index in [1.54, 1.807) is 6.07 Å². The summed E-state index contributed by atoms with van der Waals surface area (Å²) in [5.74, 6) is -0.273. The molecule has 0 unspecified atom stereocenters. The van der Waals surface area contributed by atoms with Crippen LogP contribution in [-0.4, -0.2) is 19.6 Å². The van der Waals surface area contributed by atoms with Crippen molar-refractivity contribution in [1.82, 2.24) is 9.78 Å². The Morgan fingerprint density at radius 3 is 2.53 bits per heavy atom. The molecular formula is C10H9N5O4. The van der Waals surface area contributed by atoms with E-state index in [-0.39, 0.29) is 23.7 Å². The molecule has 0 aliphatic rings. The van der Waals surface area contributed by atoms with Gasteiger partial charge in [-0.2, -0.15) is 4.68 Å². The first-order chi connectivity index (χ1) is 8.97. The van der Waals surface area contributed by atoms with Gasteiger partial charge in [-0.25, -0.2) is 0 Å². The molecule has 9 heteroatoms. The van der Waals surface area contributed by atoms with Gasteiger partial charge in [-0.3, -0.25) is 10.1 Å². The molecule has 0 saturated carbocycles. The van der Waals surface area contributed by atoms with E-state index in [9.17, 15) is 20.2 Å². The fourth-order valence-corrected chi connectivity index (χ4v) is 1.57. The molecule has 1 aromatic carbocycles. The quantitative estimate of drug-likeness (QED) is 0.503. The van der Waals surface area contributed by atoms with Crippen LogP contribution < -0.4 is 5.73 Å². The SMILES string of the molecule is Nc1ccc(Cn2ccc([N+](=O)[O-])n2)cc1[N+](=O)[O-]. The summed E-state index contributed by atoms with van der Waals surface area (Å²) in [6, 6.07) is 5.61. The highest BCUT2D eigenvalue weighted by atomic mass is 16.6. The number of nitrogens with zero attached hydrogens (tertiary/aromatic N) is 4. The smallest absolute Gasteiger partial charge is 0.389 e. The Kier molecular flexibility index (Phi) is 3.10. The van der Waals surface area contributed by atoms with Crippen molar-refractivity contribution in [3.8, 4) is 0 Å². The summed E-state index contributed by atoms with van der Waals surface area (Å²) in [6.07, 6.45) is 1.43. The van der Waals surface area contributed by atoms with Crippen molar-refractivity contribution in [3.63, 3.8) is 0 Å². The van der Waals surface area contributed by atoms with Crippen molar-refractivity contribution in [2.75, 3.05) is 5.73 Å². The lowest BCUT2D eigenvalue weighted by molar-refractivity contribution is -0.389. The second-order valence-corrected chi connectivity index (χ2v) is 3.78. The van der Waals surface area contributed by atoms with Gasteiger partial charge in [0.15, 0.2) is 0 Å². The molecule has 98 valence electrons. The van der Waals surface area contributed by atoms with Gasteiger partial charge >= 0.3 is 5.82 Å². The minimum absolute atomic E-state index is 0.0696. The molecule has 2 N–H and O–H groups in total. The number of benzene rings is 1. The average Bonchev–Trinajstić information content (AvgIpc) is 2.80. The van der Waals surface area contributed by atoms with E-state index in [2.05, 4.69) is 5.10 Å². The van der Waals surface area contributed by atoms with E-state index in [0.29, 0.717) is 5.56 Å². The first-order valence-electron chi connectivity index (χ1n) is 5.18. The van der Waals surface area contributed by atoms with Gasteiger partial charge in [0.05, 0.1) is 28.8 Å². The third-order valence-corrected chi connectivity index (χ3v) is 2.45. The predicted molar refractivity (Wildman–Crippen MR) is 65.5 cm³/mol. The molecule has 1 heterocycles.